The molecule has 1 saturated heterocycles. The standard InChI is InChI=1S/C22H25NO3/c1-17-6-2-4-8-19(17)25-16-21(24)23-14-12-22(13-15-23)11-10-18-7-3-5-9-20(18)26-22/h2-9H,10-16H2,1H3. The first-order valence-electron chi connectivity index (χ1n) is 9.38. The van der Waals surface area contributed by atoms with E-state index < -0.39 is 0 Å². The smallest absolute Gasteiger partial charge is 0.260 e. The minimum absolute atomic E-state index is 0.0549. The van der Waals surface area contributed by atoms with Gasteiger partial charge in [0.2, 0.25) is 0 Å². The van der Waals surface area contributed by atoms with Gasteiger partial charge in [-0.1, -0.05) is 36.4 Å². The highest BCUT2D eigenvalue weighted by atomic mass is 16.5. The van der Waals surface area contributed by atoms with Gasteiger partial charge >= 0.3 is 0 Å². The summed E-state index contributed by atoms with van der Waals surface area (Å²) in [6, 6.07) is 16.1. The van der Waals surface area contributed by atoms with Crippen molar-refractivity contribution in [2.24, 2.45) is 0 Å². The number of hydrogen-bond acceptors (Lipinski definition) is 3. The number of likely N-dealkylation sites (tertiary alicyclic amines) is 1. The molecule has 0 bridgehead atoms. The van der Waals surface area contributed by atoms with E-state index >= 15 is 0 Å². The largest absolute Gasteiger partial charge is 0.487 e. The van der Waals surface area contributed by atoms with E-state index in [1.54, 1.807) is 0 Å². The average Bonchev–Trinajstić information content (AvgIpc) is 2.68. The Kier molecular flexibility index (Phi) is 4.58. The van der Waals surface area contributed by atoms with Crippen molar-refractivity contribution in [3.63, 3.8) is 0 Å². The molecule has 4 nitrogen and oxygen atoms in total. The zero-order chi connectivity index (χ0) is 18.0. The molecule has 0 atom stereocenters. The van der Waals surface area contributed by atoms with Gasteiger partial charge in [-0.05, 0) is 43.0 Å². The fourth-order valence-electron chi connectivity index (χ4n) is 3.92. The van der Waals surface area contributed by atoms with E-state index in [2.05, 4.69) is 18.2 Å². The van der Waals surface area contributed by atoms with E-state index in [4.69, 9.17) is 9.47 Å². The van der Waals surface area contributed by atoms with Gasteiger partial charge in [0.25, 0.3) is 5.91 Å². The predicted molar refractivity (Wildman–Crippen MR) is 101 cm³/mol. The van der Waals surface area contributed by atoms with Crippen LogP contribution >= 0.6 is 0 Å². The Bertz CT molecular complexity index is 793. The van der Waals surface area contributed by atoms with Gasteiger partial charge in [-0.3, -0.25) is 4.79 Å². The molecule has 2 aliphatic heterocycles. The zero-order valence-corrected chi connectivity index (χ0v) is 15.2. The lowest BCUT2D eigenvalue weighted by Gasteiger charge is -2.44. The van der Waals surface area contributed by atoms with Crippen LogP contribution in [0.1, 0.15) is 30.4 Å². The number of carbonyl (C=O) groups excluding carboxylic acids is 1. The van der Waals surface area contributed by atoms with E-state index in [0.29, 0.717) is 0 Å². The molecule has 2 heterocycles. The molecule has 0 saturated carbocycles. The van der Waals surface area contributed by atoms with Crippen LogP contribution in [0.4, 0.5) is 0 Å². The SMILES string of the molecule is Cc1ccccc1OCC(=O)N1CCC2(CCc3ccccc3O2)CC1. The number of hydrogen-bond donors (Lipinski definition) is 0. The summed E-state index contributed by atoms with van der Waals surface area (Å²) >= 11 is 0. The van der Waals surface area contributed by atoms with Gasteiger partial charge in [0.05, 0.1) is 0 Å². The van der Waals surface area contributed by atoms with Crippen LogP contribution in [0.2, 0.25) is 0 Å². The quantitative estimate of drug-likeness (QED) is 0.845. The Morgan fingerprint density at radius 2 is 1.81 bits per heavy atom. The molecular weight excluding hydrogens is 326 g/mol. The molecule has 2 aliphatic rings. The van der Waals surface area contributed by atoms with Gasteiger partial charge in [0.1, 0.15) is 17.1 Å². The molecule has 0 unspecified atom stereocenters. The zero-order valence-electron chi connectivity index (χ0n) is 15.2. The van der Waals surface area contributed by atoms with Crippen LogP contribution in [-0.4, -0.2) is 36.1 Å². The maximum atomic E-state index is 12.5. The number of para-hydroxylation sites is 2. The molecule has 4 heteroatoms. The number of nitrogens with zero attached hydrogens (tertiary/aromatic N) is 1. The molecule has 0 aliphatic carbocycles. The second kappa shape index (κ2) is 7.02. The van der Waals surface area contributed by atoms with E-state index in [0.717, 1.165) is 55.8 Å². The van der Waals surface area contributed by atoms with E-state index in [-0.39, 0.29) is 18.1 Å². The van der Waals surface area contributed by atoms with Crippen LogP contribution < -0.4 is 9.47 Å². The van der Waals surface area contributed by atoms with Gasteiger partial charge in [-0.15, -0.1) is 0 Å². The first-order chi connectivity index (χ1) is 12.7. The molecular formula is C22H25NO3. The number of benzene rings is 2. The van der Waals surface area contributed by atoms with Crippen molar-refractivity contribution in [1.29, 1.82) is 0 Å². The van der Waals surface area contributed by atoms with Crippen LogP contribution in [0.15, 0.2) is 48.5 Å². The third kappa shape index (κ3) is 3.41. The molecule has 0 N–H and O–H groups in total. The predicted octanol–water partition coefficient (Wildman–Crippen LogP) is 3.76. The molecule has 0 radical (unpaired) electrons. The third-order valence-electron chi connectivity index (χ3n) is 5.62. The van der Waals surface area contributed by atoms with Crippen LogP contribution in [-0.2, 0) is 11.2 Å². The van der Waals surface area contributed by atoms with Crippen molar-refractivity contribution in [2.45, 2.75) is 38.2 Å². The molecule has 4 rings (SSSR count). The lowest BCUT2D eigenvalue weighted by atomic mass is 9.83. The molecule has 1 amide bonds. The summed E-state index contributed by atoms with van der Waals surface area (Å²) in [5.41, 5.74) is 2.23. The lowest BCUT2D eigenvalue weighted by Crippen LogP contribution is -2.52. The molecule has 2 aromatic rings. The maximum absolute atomic E-state index is 12.5. The number of carbonyl (C=O) groups is 1. The van der Waals surface area contributed by atoms with Crippen molar-refractivity contribution in [2.75, 3.05) is 19.7 Å². The Labute approximate surface area is 154 Å². The van der Waals surface area contributed by atoms with Crippen molar-refractivity contribution < 1.29 is 14.3 Å². The maximum Gasteiger partial charge on any atom is 0.260 e. The van der Waals surface area contributed by atoms with Gasteiger partial charge in [0, 0.05) is 25.9 Å². The summed E-state index contributed by atoms with van der Waals surface area (Å²) in [6.07, 6.45) is 3.86. The summed E-state index contributed by atoms with van der Waals surface area (Å²) in [5.74, 6) is 1.85. The van der Waals surface area contributed by atoms with Gasteiger partial charge in [-0.25, -0.2) is 0 Å². The Balaban J connectivity index is 1.32. The normalized spacial score (nSPS) is 18.1. The first kappa shape index (κ1) is 17.0. The molecule has 0 aromatic heterocycles. The Hall–Kier alpha value is -2.49. The molecule has 2 aromatic carbocycles. The van der Waals surface area contributed by atoms with Crippen LogP contribution in [0, 0.1) is 6.92 Å². The highest BCUT2D eigenvalue weighted by Gasteiger charge is 2.40. The molecule has 1 fully saturated rings. The summed E-state index contributed by atoms with van der Waals surface area (Å²) in [4.78, 5) is 14.4. The van der Waals surface area contributed by atoms with Gasteiger partial charge in [0.15, 0.2) is 6.61 Å². The fraction of sp³-hybridized carbons (Fsp3) is 0.409. The fourth-order valence-corrected chi connectivity index (χ4v) is 3.92. The number of amides is 1. The number of ether oxygens (including phenoxy) is 2. The second-order valence-corrected chi connectivity index (χ2v) is 7.33. The summed E-state index contributed by atoms with van der Waals surface area (Å²) in [7, 11) is 0. The van der Waals surface area contributed by atoms with Crippen molar-refractivity contribution in [3.8, 4) is 11.5 Å². The Morgan fingerprint density at radius 3 is 2.62 bits per heavy atom. The van der Waals surface area contributed by atoms with E-state index in [1.165, 1.54) is 5.56 Å². The van der Waals surface area contributed by atoms with Crippen molar-refractivity contribution in [3.05, 3.63) is 59.7 Å². The number of piperidine rings is 1. The molecule has 136 valence electrons. The van der Waals surface area contributed by atoms with Crippen LogP contribution in [0.25, 0.3) is 0 Å². The minimum Gasteiger partial charge on any atom is -0.487 e. The van der Waals surface area contributed by atoms with Crippen molar-refractivity contribution >= 4 is 5.91 Å². The minimum atomic E-state index is -0.109. The van der Waals surface area contributed by atoms with E-state index in [9.17, 15) is 4.79 Å². The van der Waals surface area contributed by atoms with Gasteiger partial charge in [-0.2, -0.15) is 0 Å². The topological polar surface area (TPSA) is 38.8 Å². The highest BCUT2D eigenvalue weighted by molar-refractivity contribution is 5.78. The number of aryl methyl sites for hydroxylation is 2. The average molecular weight is 351 g/mol. The molecule has 26 heavy (non-hydrogen) atoms. The number of fused-ring (bicyclic) bond motifs is 1. The Morgan fingerprint density at radius 1 is 1.08 bits per heavy atom. The van der Waals surface area contributed by atoms with Crippen LogP contribution in [0.3, 0.4) is 0 Å². The monoisotopic (exact) mass is 351 g/mol. The second-order valence-electron chi connectivity index (χ2n) is 7.33. The lowest BCUT2D eigenvalue weighted by molar-refractivity contribution is -0.137. The van der Waals surface area contributed by atoms with Crippen LogP contribution in [0.5, 0.6) is 11.5 Å². The highest BCUT2D eigenvalue weighted by Crippen LogP contribution is 2.39. The van der Waals surface area contributed by atoms with E-state index in [1.807, 2.05) is 42.2 Å². The summed E-state index contributed by atoms with van der Waals surface area (Å²) < 4.78 is 12.1. The third-order valence-corrected chi connectivity index (χ3v) is 5.62. The first-order valence-corrected chi connectivity index (χ1v) is 9.38. The summed E-state index contributed by atoms with van der Waals surface area (Å²) in [6.45, 7) is 3.56. The summed E-state index contributed by atoms with van der Waals surface area (Å²) in [5, 5.41) is 0. The van der Waals surface area contributed by atoms with Crippen molar-refractivity contribution in [1.82, 2.24) is 4.90 Å². The number of rotatable bonds is 3. The van der Waals surface area contributed by atoms with Gasteiger partial charge < -0.3 is 14.4 Å². The molecule has 1 spiro atoms.